The lowest BCUT2D eigenvalue weighted by atomic mass is 9.95. The molecular formula is C25H30ClN3O2. The number of piperidine rings is 1. The fraction of sp³-hybridized carbons (Fsp3) is 0.440. The first kappa shape index (κ1) is 21.8. The van der Waals surface area contributed by atoms with Crippen molar-refractivity contribution in [1.82, 2.24) is 9.80 Å². The van der Waals surface area contributed by atoms with Crippen molar-refractivity contribution in [3.05, 3.63) is 64.7 Å². The Morgan fingerprint density at radius 3 is 2.39 bits per heavy atom. The molecule has 164 valence electrons. The van der Waals surface area contributed by atoms with Gasteiger partial charge >= 0.3 is 0 Å². The molecule has 0 unspecified atom stereocenters. The summed E-state index contributed by atoms with van der Waals surface area (Å²) < 4.78 is 0. The Labute approximate surface area is 189 Å². The van der Waals surface area contributed by atoms with E-state index in [4.69, 9.17) is 11.6 Å². The van der Waals surface area contributed by atoms with Crippen LogP contribution in [-0.4, -0.2) is 53.8 Å². The number of rotatable bonds is 4. The molecule has 2 aliphatic heterocycles. The summed E-state index contributed by atoms with van der Waals surface area (Å²) in [6.45, 7) is 7.85. The number of fused-ring (bicyclic) bond motifs is 1. The Kier molecular flexibility index (Phi) is 6.63. The second kappa shape index (κ2) is 9.41. The Balaban J connectivity index is 1.53. The predicted octanol–water partition coefficient (Wildman–Crippen LogP) is 4.45. The number of halogens is 1. The van der Waals surface area contributed by atoms with Gasteiger partial charge in [0, 0.05) is 35.4 Å². The highest BCUT2D eigenvalue weighted by atomic mass is 35.5. The van der Waals surface area contributed by atoms with E-state index in [0.717, 1.165) is 37.2 Å². The second-order valence-corrected chi connectivity index (χ2v) is 9.31. The second-order valence-electron chi connectivity index (χ2n) is 8.87. The summed E-state index contributed by atoms with van der Waals surface area (Å²) in [5.41, 5.74) is 2.49. The zero-order valence-corrected chi connectivity index (χ0v) is 19.0. The van der Waals surface area contributed by atoms with Gasteiger partial charge < -0.3 is 14.7 Å². The standard InChI is InChI=1S/C25H30ClN3O2/c1-18(2)27-13-11-19(12-14-27)15-29-23-6-4-3-5-21(23)16-28(17-24(29)30)25(31)20-7-9-22(26)10-8-20/h3-10,18-19H,11-17H2,1-2H3. The molecule has 0 bridgehead atoms. The number of anilines is 1. The largest absolute Gasteiger partial charge is 0.325 e. The fourth-order valence-electron chi connectivity index (χ4n) is 4.58. The van der Waals surface area contributed by atoms with E-state index < -0.39 is 0 Å². The van der Waals surface area contributed by atoms with Crippen molar-refractivity contribution in [1.29, 1.82) is 0 Å². The Morgan fingerprint density at radius 1 is 1.03 bits per heavy atom. The summed E-state index contributed by atoms with van der Waals surface area (Å²) in [7, 11) is 0. The highest BCUT2D eigenvalue weighted by Crippen LogP contribution is 2.29. The molecule has 0 aliphatic carbocycles. The normalized spacial score (nSPS) is 18.3. The third-order valence-corrected chi connectivity index (χ3v) is 6.72. The third-order valence-electron chi connectivity index (χ3n) is 6.47. The molecule has 0 spiro atoms. The molecule has 4 rings (SSSR count). The van der Waals surface area contributed by atoms with Gasteiger partial charge in [0.05, 0.1) is 0 Å². The van der Waals surface area contributed by atoms with Crippen LogP contribution in [0.1, 0.15) is 42.6 Å². The fourth-order valence-corrected chi connectivity index (χ4v) is 4.71. The average molecular weight is 440 g/mol. The molecule has 2 aromatic rings. The molecule has 31 heavy (non-hydrogen) atoms. The molecule has 0 aromatic heterocycles. The van der Waals surface area contributed by atoms with Crippen molar-refractivity contribution in [2.45, 2.75) is 39.3 Å². The highest BCUT2D eigenvalue weighted by molar-refractivity contribution is 6.30. The number of benzene rings is 2. The van der Waals surface area contributed by atoms with E-state index in [1.54, 1.807) is 29.2 Å². The molecule has 0 saturated carbocycles. The molecule has 0 radical (unpaired) electrons. The van der Waals surface area contributed by atoms with Gasteiger partial charge in [0.25, 0.3) is 5.91 Å². The Morgan fingerprint density at radius 2 is 1.71 bits per heavy atom. The van der Waals surface area contributed by atoms with E-state index in [1.165, 1.54) is 0 Å². The number of hydrogen-bond donors (Lipinski definition) is 0. The smallest absolute Gasteiger partial charge is 0.254 e. The van der Waals surface area contributed by atoms with Gasteiger partial charge in [0.1, 0.15) is 6.54 Å². The molecule has 5 nitrogen and oxygen atoms in total. The van der Waals surface area contributed by atoms with Crippen LogP contribution in [0.4, 0.5) is 5.69 Å². The minimum atomic E-state index is -0.146. The zero-order valence-electron chi connectivity index (χ0n) is 18.3. The summed E-state index contributed by atoms with van der Waals surface area (Å²) in [5, 5.41) is 0.587. The molecule has 0 N–H and O–H groups in total. The van der Waals surface area contributed by atoms with E-state index in [0.29, 0.717) is 35.6 Å². The summed E-state index contributed by atoms with van der Waals surface area (Å²) in [6.07, 6.45) is 2.19. The highest BCUT2D eigenvalue weighted by Gasteiger charge is 2.31. The molecule has 2 aromatic carbocycles. The monoisotopic (exact) mass is 439 g/mol. The van der Waals surface area contributed by atoms with Crippen molar-refractivity contribution in [2.75, 3.05) is 31.1 Å². The van der Waals surface area contributed by atoms with Crippen molar-refractivity contribution in [2.24, 2.45) is 5.92 Å². The summed E-state index contributed by atoms with van der Waals surface area (Å²) >= 11 is 5.97. The minimum Gasteiger partial charge on any atom is -0.325 e. The van der Waals surface area contributed by atoms with E-state index in [-0.39, 0.29) is 18.4 Å². The van der Waals surface area contributed by atoms with Crippen LogP contribution >= 0.6 is 11.6 Å². The van der Waals surface area contributed by atoms with Crippen LogP contribution in [0.15, 0.2) is 48.5 Å². The lowest BCUT2D eigenvalue weighted by molar-refractivity contribution is -0.119. The molecule has 6 heteroatoms. The van der Waals surface area contributed by atoms with Gasteiger partial charge in [-0.25, -0.2) is 0 Å². The number of carbonyl (C=O) groups is 2. The molecule has 0 atom stereocenters. The number of para-hydroxylation sites is 1. The summed E-state index contributed by atoms with van der Waals surface area (Å²) in [5.74, 6) is 0.316. The van der Waals surface area contributed by atoms with Crippen LogP contribution < -0.4 is 4.90 Å². The van der Waals surface area contributed by atoms with Gasteiger partial charge in [-0.2, -0.15) is 0 Å². The quantitative estimate of drug-likeness (QED) is 0.706. The van der Waals surface area contributed by atoms with E-state index >= 15 is 0 Å². The molecule has 2 heterocycles. The topological polar surface area (TPSA) is 43.9 Å². The van der Waals surface area contributed by atoms with Gasteiger partial charge in [0.2, 0.25) is 5.91 Å². The average Bonchev–Trinajstić information content (AvgIpc) is 2.91. The maximum Gasteiger partial charge on any atom is 0.254 e. The zero-order chi connectivity index (χ0) is 22.0. The van der Waals surface area contributed by atoms with Crippen molar-refractivity contribution < 1.29 is 9.59 Å². The number of carbonyl (C=O) groups excluding carboxylic acids is 2. The van der Waals surface area contributed by atoms with Gasteiger partial charge in [-0.3, -0.25) is 9.59 Å². The lowest BCUT2D eigenvalue weighted by Crippen LogP contribution is -2.45. The molecule has 2 aliphatic rings. The van der Waals surface area contributed by atoms with Crippen molar-refractivity contribution in [3.63, 3.8) is 0 Å². The first-order chi connectivity index (χ1) is 14.9. The van der Waals surface area contributed by atoms with Crippen LogP contribution in [0, 0.1) is 5.92 Å². The maximum absolute atomic E-state index is 13.3. The van der Waals surface area contributed by atoms with Gasteiger partial charge in [-0.1, -0.05) is 29.8 Å². The molecule has 2 amide bonds. The van der Waals surface area contributed by atoms with Crippen molar-refractivity contribution >= 4 is 29.1 Å². The van der Waals surface area contributed by atoms with Crippen LogP contribution in [-0.2, 0) is 11.3 Å². The van der Waals surface area contributed by atoms with Crippen LogP contribution in [0.3, 0.4) is 0 Å². The van der Waals surface area contributed by atoms with Crippen LogP contribution in [0.2, 0.25) is 5.02 Å². The van der Waals surface area contributed by atoms with Gasteiger partial charge in [-0.05, 0) is 81.6 Å². The van der Waals surface area contributed by atoms with Crippen LogP contribution in [0.25, 0.3) is 0 Å². The van der Waals surface area contributed by atoms with Gasteiger partial charge in [0.15, 0.2) is 0 Å². The Hall–Kier alpha value is -2.37. The summed E-state index contributed by atoms with van der Waals surface area (Å²) in [4.78, 5) is 32.5. The van der Waals surface area contributed by atoms with Gasteiger partial charge in [-0.15, -0.1) is 0 Å². The third kappa shape index (κ3) is 4.94. The number of amides is 2. The van der Waals surface area contributed by atoms with E-state index in [9.17, 15) is 9.59 Å². The number of hydrogen-bond acceptors (Lipinski definition) is 3. The van der Waals surface area contributed by atoms with Crippen molar-refractivity contribution in [3.8, 4) is 0 Å². The minimum absolute atomic E-state index is 0.0152. The lowest BCUT2D eigenvalue weighted by Gasteiger charge is -2.36. The molecule has 1 saturated heterocycles. The van der Waals surface area contributed by atoms with E-state index in [1.807, 2.05) is 29.2 Å². The molecular weight excluding hydrogens is 410 g/mol. The summed E-state index contributed by atoms with van der Waals surface area (Å²) in [6, 6.07) is 15.4. The number of nitrogens with zero attached hydrogens (tertiary/aromatic N) is 3. The maximum atomic E-state index is 13.3. The first-order valence-electron chi connectivity index (χ1n) is 11.1. The number of likely N-dealkylation sites (tertiary alicyclic amines) is 1. The van der Waals surface area contributed by atoms with Crippen LogP contribution in [0.5, 0.6) is 0 Å². The van der Waals surface area contributed by atoms with E-state index in [2.05, 4.69) is 18.7 Å². The molecule has 1 fully saturated rings. The SMILES string of the molecule is CC(C)N1CCC(CN2C(=O)CN(C(=O)c3ccc(Cl)cc3)Cc3ccccc32)CC1. The Bertz CT molecular complexity index is 936. The first-order valence-corrected chi connectivity index (χ1v) is 11.5. The predicted molar refractivity (Wildman–Crippen MR) is 124 cm³/mol.